The average molecular weight is 435 g/mol. The van der Waals surface area contributed by atoms with Crippen LogP contribution in [0.3, 0.4) is 0 Å². The Labute approximate surface area is 180 Å². The topological polar surface area (TPSA) is 44.8 Å². The summed E-state index contributed by atoms with van der Waals surface area (Å²) in [6.45, 7) is 7.94. The highest BCUT2D eigenvalue weighted by atomic mass is 19.2. The Kier molecular flexibility index (Phi) is 7.56. The molecule has 2 atom stereocenters. The van der Waals surface area contributed by atoms with Gasteiger partial charge in [0.15, 0.2) is 17.5 Å². The molecular formula is C23H28F3N3O2. The smallest absolute Gasteiger partial charge is 0.254 e. The van der Waals surface area contributed by atoms with Gasteiger partial charge in [-0.15, -0.1) is 0 Å². The van der Waals surface area contributed by atoms with Crippen molar-refractivity contribution in [2.24, 2.45) is 0 Å². The van der Waals surface area contributed by atoms with Gasteiger partial charge in [0, 0.05) is 37.3 Å². The summed E-state index contributed by atoms with van der Waals surface area (Å²) >= 11 is 0. The zero-order chi connectivity index (χ0) is 22.5. The summed E-state index contributed by atoms with van der Waals surface area (Å²) in [5.74, 6) is -3.92. The maximum atomic E-state index is 13.6. The van der Waals surface area contributed by atoms with Crippen molar-refractivity contribution in [3.8, 4) is 0 Å². The van der Waals surface area contributed by atoms with Crippen molar-refractivity contribution in [1.29, 1.82) is 0 Å². The molecule has 2 aromatic rings. The molecule has 0 aliphatic carbocycles. The van der Waals surface area contributed by atoms with E-state index in [1.54, 1.807) is 29.2 Å². The number of carbonyl (C=O) groups is 1. The third-order valence-electron chi connectivity index (χ3n) is 5.58. The molecule has 1 saturated heterocycles. The van der Waals surface area contributed by atoms with Gasteiger partial charge in [-0.1, -0.05) is 6.92 Å². The van der Waals surface area contributed by atoms with Gasteiger partial charge in [0.2, 0.25) is 0 Å². The molecule has 1 fully saturated rings. The Morgan fingerprint density at radius 3 is 2.39 bits per heavy atom. The summed E-state index contributed by atoms with van der Waals surface area (Å²) in [7, 11) is 0. The fourth-order valence-corrected chi connectivity index (χ4v) is 3.75. The van der Waals surface area contributed by atoms with E-state index in [0.717, 1.165) is 24.2 Å². The maximum absolute atomic E-state index is 13.6. The van der Waals surface area contributed by atoms with E-state index in [1.807, 2.05) is 25.7 Å². The number of nitrogens with zero attached hydrogens (tertiary/aromatic N) is 2. The van der Waals surface area contributed by atoms with E-state index in [-0.39, 0.29) is 18.0 Å². The molecule has 31 heavy (non-hydrogen) atoms. The molecular weight excluding hydrogens is 407 g/mol. The summed E-state index contributed by atoms with van der Waals surface area (Å²) < 4.78 is 40.5. The monoisotopic (exact) mass is 435 g/mol. The Balaban J connectivity index is 1.62. The highest BCUT2D eigenvalue weighted by Gasteiger charge is 2.31. The summed E-state index contributed by atoms with van der Waals surface area (Å²) in [6, 6.07) is 8.77. The molecule has 1 heterocycles. The molecule has 3 rings (SSSR count). The first-order valence-corrected chi connectivity index (χ1v) is 10.5. The minimum Gasteiger partial charge on any atom is -0.333 e. The molecule has 1 aliphatic rings. The van der Waals surface area contributed by atoms with Crippen LogP contribution in [0.2, 0.25) is 0 Å². The van der Waals surface area contributed by atoms with Gasteiger partial charge in [-0.3, -0.25) is 20.0 Å². The first kappa shape index (κ1) is 23.1. The zero-order valence-electron chi connectivity index (χ0n) is 18.0. The van der Waals surface area contributed by atoms with Crippen molar-refractivity contribution in [3.63, 3.8) is 0 Å². The minimum atomic E-state index is -1.46. The van der Waals surface area contributed by atoms with Crippen molar-refractivity contribution in [2.45, 2.75) is 39.3 Å². The number of carbonyl (C=O) groups excluding carboxylic acids is 1. The standard InChI is InChI=1S/C23H28F3N3O2/c1-4-11-31-27-19-7-5-17(6-8-19)23(30)29-10-9-28(14-15(29)2)16(3)18-12-20(24)22(26)21(25)13-18/h5-8,12-13,15-16,27H,4,9-11,14H2,1-3H3. The number of halogens is 3. The summed E-state index contributed by atoms with van der Waals surface area (Å²) in [6.07, 6.45) is 0.900. The quantitative estimate of drug-likeness (QED) is 0.387. The lowest BCUT2D eigenvalue weighted by molar-refractivity contribution is 0.0405. The van der Waals surface area contributed by atoms with Crippen LogP contribution in [0.1, 0.15) is 49.2 Å². The molecule has 0 bridgehead atoms. The van der Waals surface area contributed by atoms with Crippen LogP contribution in [0, 0.1) is 17.5 Å². The molecule has 168 valence electrons. The molecule has 0 spiro atoms. The molecule has 1 amide bonds. The van der Waals surface area contributed by atoms with E-state index in [4.69, 9.17) is 4.84 Å². The molecule has 8 heteroatoms. The minimum absolute atomic E-state index is 0.0697. The molecule has 2 aromatic carbocycles. The normalized spacial score (nSPS) is 18.1. The number of nitrogens with one attached hydrogen (secondary N) is 1. The van der Waals surface area contributed by atoms with Gasteiger partial charge in [-0.05, 0) is 62.2 Å². The Morgan fingerprint density at radius 1 is 1.16 bits per heavy atom. The predicted octanol–water partition coefficient (Wildman–Crippen LogP) is 4.76. The van der Waals surface area contributed by atoms with Gasteiger partial charge in [0.05, 0.1) is 12.3 Å². The molecule has 0 aromatic heterocycles. The van der Waals surface area contributed by atoms with Gasteiger partial charge in [-0.25, -0.2) is 13.2 Å². The number of hydrogen-bond acceptors (Lipinski definition) is 4. The van der Waals surface area contributed by atoms with Crippen LogP contribution in [-0.2, 0) is 4.84 Å². The number of rotatable bonds is 7. The SMILES string of the molecule is CCCONc1ccc(C(=O)N2CCN(C(C)c3cc(F)c(F)c(F)c3)CC2C)cc1. The molecule has 1 aliphatic heterocycles. The highest BCUT2D eigenvalue weighted by Crippen LogP contribution is 2.27. The third-order valence-corrected chi connectivity index (χ3v) is 5.58. The number of anilines is 1. The fourth-order valence-electron chi connectivity index (χ4n) is 3.75. The molecule has 5 nitrogen and oxygen atoms in total. The van der Waals surface area contributed by atoms with Crippen LogP contribution in [0.5, 0.6) is 0 Å². The first-order valence-electron chi connectivity index (χ1n) is 10.5. The number of hydrogen-bond donors (Lipinski definition) is 1. The molecule has 0 saturated carbocycles. The van der Waals surface area contributed by atoms with Gasteiger partial charge in [0.25, 0.3) is 5.91 Å². The second-order valence-corrected chi connectivity index (χ2v) is 7.84. The highest BCUT2D eigenvalue weighted by molar-refractivity contribution is 5.94. The fraction of sp³-hybridized carbons (Fsp3) is 0.435. The van der Waals surface area contributed by atoms with Crippen molar-refractivity contribution in [1.82, 2.24) is 9.80 Å². The van der Waals surface area contributed by atoms with Crippen LogP contribution in [0.15, 0.2) is 36.4 Å². The molecule has 1 N–H and O–H groups in total. The Morgan fingerprint density at radius 2 is 1.81 bits per heavy atom. The maximum Gasteiger partial charge on any atom is 0.254 e. The Hall–Kier alpha value is -2.58. The summed E-state index contributed by atoms with van der Waals surface area (Å²) in [5.41, 5.74) is 4.56. The first-order chi connectivity index (χ1) is 14.8. The number of piperazine rings is 1. The van der Waals surface area contributed by atoms with Crippen molar-refractivity contribution < 1.29 is 22.8 Å². The van der Waals surface area contributed by atoms with Gasteiger partial charge < -0.3 is 4.90 Å². The predicted molar refractivity (Wildman–Crippen MR) is 113 cm³/mol. The summed E-state index contributed by atoms with van der Waals surface area (Å²) in [4.78, 5) is 22.1. The van der Waals surface area contributed by atoms with Crippen molar-refractivity contribution >= 4 is 11.6 Å². The van der Waals surface area contributed by atoms with E-state index in [9.17, 15) is 18.0 Å². The van der Waals surface area contributed by atoms with Crippen LogP contribution >= 0.6 is 0 Å². The lowest BCUT2D eigenvalue weighted by Crippen LogP contribution is -2.54. The number of amides is 1. The van der Waals surface area contributed by atoms with Crippen LogP contribution in [0.4, 0.5) is 18.9 Å². The number of benzene rings is 2. The van der Waals surface area contributed by atoms with Crippen molar-refractivity contribution in [2.75, 3.05) is 31.7 Å². The van der Waals surface area contributed by atoms with Crippen LogP contribution in [0.25, 0.3) is 0 Å². The van der Waals surface area contributed by atoms with Crippen LogP contribution < -0.4 is 5.48 Å². The Bertz CT molecular complexity index is 884. The van der Waals surface area contributed by atoms with E-state index in [2.05, 4.69) is 5.48 Å². The third kappa shape index (κ3) is 5.37. The van der Waals surface area contributed by atoms with E-state index in [0.29, 0.717) is 37.4 Å². The van der Waals surface area contributed by atoms with Gasteiger partial charge in [-0.2, -0.15) is 0 Å². The molecule has 0 radical (unpaired) electrons. The zero-order valence-corrected chi connectivity index (χ0v) is 18.0. The average Bonchev–Trinajstić information content (AvgIpc) is 2.76. The van der Waals surface area contributed by atoms with Crippen LogP contribution in [-0.4, -0.2) is 48.0 Å². The van der Waals surface area contributed by atoms with Crippen molar-refractivity contribution in [3.05, 3.63) is 65.0 Å². The lowest BCUT2D eigenvalue weighted by Gasteiger charge is -2.42. The second kappa shape index (κ2) is 10.2. The van der Waals surface area contributed by atoms with E-state index < -0.39 is 17.5 Å². The van der Waals surface area contributed by atoms with Gasteiger partial charge >= 0.3 is 0 Å². The lowest BCUT2D eigenvalue weighted by atomic mass is 10.0. The van der Waals surface area contributed by atoms with E-state index in [1.165, 1.54) is 0 Å². The molecule has 2 unspecified atom stereocenters. The van der Waals surface area contributed by atoms with Gasteiger partial charge in [0.1, 0.15) is 0 Å². The second-order valence-electron chi connectivity index (χ2n) is 7.84. The van der Waals surface area contributed by atoms with E-state index >= 15 is 0 Å². The largest absolute Gasteiger partial charge is 0.333 e. The summed E-state index contributed by atoms with van der Waals surface area (Å²) in [5, 5.41) is 0.